The summed E-state index contributed by atoms with van der Waals surface area (Å²) < 4.78 is 38.3. The second-order valence-electron chi connectivity index (χ2n) is 5.70. The molecule has 1 aliphatic heterocycles. The Bertz CT molecular complexity index is 261. The van der Waals surface area contributed by atoms with E-state index in [1.54, 1.807) is 0 Å². The molecule has 2 fully saturated rings. The molecule has 2 atom stereocenters. The number of nitrogens with zero attached hydrogens (tertiary/aromatic N) is 1. The van der Waals surface area contributed by atoms with Crippen molar-refractivity contribution in [3.05, 3.63) is 0 Å². The molecule has 1 N–H and O–H groups in total. The van der Waals surface area contributed by atoms with Gasteiger partial charge in [-0.1, -0.05) is 12.8 Å². The summed E-state index contributed by atoms with van der Waals surface area (Å²) in [5, 5.41) is 3.01. The van der Waals surface area contributed by atoms with Crippen LogP contribution in [0.1, 0.15) is 38.5 Å². The van der Waals surface area contributed by atoms with Crippen LogP contribution in [-0.4, -0.2) is 43.3 Å². The molecule has 1 saturated heterocycles. The van der Waals surface area contributed by atoms with Gasteiger partial charge < -0.3 is 10.2 Å². The summed E-state index contributed by atoms with van der Waals surface area (Å²) in [7, 11) is 2.05. The zero-order valence-electron chi connectivity index (χ0n) is 11.0. The molecule has 0 radical (unpaired) electrons. The van der Waals surface area contributed by atoms with Crippen LogP contribution in [0.25, 0.3) is 0 Å². The standard InChI is InChI=1S/C13H23F3N2/c1-18(10-4-2-3-5-10)9-7-12-11(6-8-17-12)13(14,15)16/h10-12,17H,2-9H2,1H3. The Morgan fingerprint density at radius 1 is 1.17 bits per heavy atom. The number of rotatable bonds is 4. The van der Waals surface area contributed by atoms with Crippen molar-refractivity contribution in [3.63, 3.8) is 0 Å². The summed E-state index contributed by atoms with van der Waals surface area (Å²) in [6, 6.07) is 0.213. The van der Waals surface area contributed by atoms with E-state index < -0.39 is 12.1 Å². The molecule has 2 aliphatic rings. The normalized spacial score (nSPS) is 30.5. The lowest BCUT2D eigenvalue weighted by Crippen LogP contribution is -2.39. The van der Waals surface area contributed by atoms with Crippen molar-refractivity contribution in [1.82, 2.24) is 10.2 Å². The van der Waals surface area contributed by atoms with E-state index in [-0.39, 0.29) is 12.5 Å². The highest BCUT2D eigenvalue weighted by molar-refractivity contribution is 4.89. The van der Waals surface area contributed by atoms with Gasteiger partial charge >= 0.3 is 6.18 Å². The minimum atomic E-state index is -4.04. The van der Waals surface area contributed by atoms with Gasteiger partial charge in [0.05, 0.1) is 5.92 Å². The number of hydrogen-bond donors (Lipinski definition) is 1. The quantitative estimate of drug-likeness (QED) is 0.840. The summed E-state index contributed by atoms with van der Waals surface area (Å²) in [6.45, 7) is 1.27. The number of alkyl halides is 3. The number of hydrogen-bond acceptors (Lipinski definition) is 2. The zero-order valence-corrected chi connectivity index (χ0v) is 11.0. The average molecular weight is 264 g/mol. The van der Waals surface area contributed by atoms with E-state index in [1.807, 2.05) is 7.05 Å². The maximum atomic E-state index is 12.8. The SMILES string of the molecule is CN(CCC1NCCC1C(F)(F)F)C1CCCC1. The Morgan fingerprint density at radius 3 is 2.44 bits per heavy atom. The van der Waals surface area contributed by atoms with Crippen LogP contribution in [0.15, 0.2) is 0 Å². The first-order valence-corrected chi connectivity index (χ1v) is 6.99. The van der Waals surface area contributed by atoms with Crippen LogP contribution in [0.2, 0.25) is 0 Å². The third kappa shape index (κ3) is 3.38. The minimum absolute atomic E-state index is 0.237. The van der Waals surface area contributed by atoms with Gasteiger partial charge in [-0.25, -0.2) is 0 Å². The van der Waals surface area contributed by atoms with Crippen molar-refractivity contribution in [3.8, 4) is 0 Å². The monoisotopic (exact) mass is 264 g/mol. The molecule has 0 spiro atoms. The molecule has 2 rings (SSSR count). The Kier molecular flexibility index (Phi) is 4.54. The number of halogens is 3. The van der Waals surface area contributed by atoms with Gasteiger partial charge in [-0.05, 0) is 45.8 Å². The second-order valence-corrected chi connectivity index (χ2v) is 5.70. The maximum Gasteiger partial charge on any atom is 0.393 e. The molecule has 106 valence electrons. The van der Waals surface area contributed by atoms with E-state index in [9.17, 15) is 13.2 Å². The first kappa shape index (κ1) is 14.1. The summed E-state index contributed by atoms with van der Waals surface area (Å²) >= 11 is 0. The first-order valence-electron chi connectivity index (χ1n) is 6.99. The lowest BCUT2D eigenvalue weighted by molar-refractivity contribution is -0.177. The Labute approximate surface area is 107 Å². The summed E-state index contributed by atoms with van der Waals surface area (Å²) in [5.41, 5.74) is 0. The van der Waals surface area contributed by atoms with E-state index in [4.69, 9.17) is 0 Å². The molecular formula is C13H23F3N2. The van der Waals surface area contributed by atoms with Gasteiger partial charge in [0.1, 0.15) is 0 Å². The molecule has 0 aromatic rings. The van der Waals surface area contributed by atoms with Gasteiger partial charge in [0.25, 0.3) is 0 Å². The smallest absolute Gasteiger partial charge is 0.313 e. The molecular weight excluding hydrogens is 241 g/mol. The van der Waals surface area contributed by atoms with Gasteiger partial charge in [0.15, 0.2) is 0 Å². The van der Waals surface area contributed by atoms with Gasteiger partial charge in [0.2, 0.25) is 0 Å². The van der Waals surface area contributed by atoms with Crippen LogP contribution in [-0.2, 0) is 0 Å². The van der Waals surface area contributed by atoms with Crippen molar-refractivity contribution in [2.75, 3.05) is 20.1 Å². The molecule has 2 nitrogen and oxygen atoms in total. The summed E-state index contributed by atoms with van der Waals surface area (Å²) in [4.78, 5) is 2.25. The lowest BCUT2D eigenvalue weighted by Gasteiger charge is -2.28. The molecule has 18 heavy (non-hydrogen) atoms. The van der Waals surface area contributed by atoms with Crippen LogP contribution in [0.4, 0.5) is 13.2 Å². The first-order chi connectivity index (χ1) is 8.48. The average Bonchev–Trinajstić information content (AvgIpc) is 2.95. The highest BCUT2D eigenvalue weighted by Gasteiger charge is 2.46. The van der Waals surface area contributed by atoms with Crippen LogP contribution in [0.5, 0.6) is 0 Å². The largest absolute Gasteiger partial charge is 0.393 e. The van der Waals surface area contributed by atoms with E-state index in [0.29, 0.717) is 19.0 Å². The zero-order chi connectivity index (χ0) is 13.2. The van der Waals surface area contributed by atoms with Crippen LogP contribution in [0, 0.1) is 5.92 Å². The molecule has 1 heterocycles. The lowest BCUT2D eigenvalue weighted by atomic mass is 9.97. The van der Waals surface area contributed by atoms with E-state index >= 15 is 0 Å². The molecule has 0 amide bonds. The van der Waals surface area contributed by atoms with Crippen molar-refractivity contribution in [2.24, 2.45) is 5.92 Å². The minimum Gasteiger partial charge on any atom is -0.313 e. The van der Waals surface area contributed by atoms with Gasteiger partial charge in [-0.2, -0.15) is 13.2 Å². The fourth-order valence-corrected chi connectivity index (χ4v) is 3.33. The van der Waals surface area contributed by atoms with E-state index in [2.05, 4.69) is 10.2 Å². The molecule has 0 bridgehead atoms. The molecule has 1 aliphatic carbocycles. The van der Waals surface area contributed by atoms with E-state index in [1.165, 1.54) is 25.7 Å². The topological polar surface area (TPSA) is 15.3 Å². The molecule has 0 aromatic heterocycles. The predicted molar refractivity (Wildman–Crippen MR) is 65.5 cm³/mol. The predicted octanol–water partition coefficient (Wildman–Crippen LogP) is 2.79. The third-order valence-corrected chi connectivity index (χ3v) is 4.51. The Balaban J connectivity index is 1.78. The van der Waals surface area contributed by atoms with Crippen molar-refractivity contribution in [1.29, 1.82) is 0 Å². The van der Waals surface area contributed by atoms with Crippen LogP contribution >= 0.6 is 0 Å². The summed E-state index contributed by atoms with van der Waals surface area (Å²) in [6.07, 6.45) is 1.75. The highest BCUT2D eigenvalue weighted by Crippen LogP contribution is 2.35. The molecule has 5 heteroatoms. The second kappa shape index (κ2) is 5.78. The van der Waals surface area contributed by atoms with Crippen molar-refractivity contribution < 1.29 is 13.2 Å². The maximum absolute atomic E-state index is 12.8. The van der Waals surface area contributed by atoms with Crippen LogP contribution in [0.3, 0.4) is 0 Å². The molecule has 2 unspecified atom stereocenters. The van der Waals surface area contributed by atoms with E-state index in [0.717, 1.165) is 6.54 Å². The molecule has 1 saturated carbocycles. The van der Waals surface area contributed by atoms with Crippen LogP contribution < -0.4 is 5.32 Å². The van der Waals surface area contributed by atoms with Gasteiger partial charge in [-0.15, -0.1) is 0 Å². The summed E-state index contributed by atoms with van der Waals surface area (Å²) in [5.74, 6) is -1.14. The fraction of sp³-hybridized carbons (Fsp3) is 1.00. The van der Waals surface area contributed by atoms with Crippen molar-refractivity contribution >= 4 is 0 Å². The van der Waals surface area contributed by atoms with Gasteiger partial charge in [-0.3, -0.25) is 0 Å². The van der Waals surface area contributed by atoms with Crippen molar-refractivity contribution in [2.45, 2.75) is 56.8 Å². The third-order valence-electron chi connectivity index (χ3n) is 4.51. The Morgan fingerprint density at radius 2 is 1.83 bits per heavy atom. The Hall–Kier alpha value is -0.290. The molecule has 0 aromatic carbocycles. The van der Waals surface area contributed by atoms with Gasteiger partial charge in [0, 0.05) is 12.1 Å². The number of nitrogens with one attached hydrogen (secondary N) is 1. The fourth-order valence-electron chi connectivity index (χ4n) is 3.33. The highest BCUT2D eigenvalue weighted by atomic mass is 19.4.